The van der Waals surface area contributed by atoms with E-state index in [1.807, 2.05) is 0 Å². The largest absolute Gasteiger partial charge is 0.251 e. The van der Waals surface area contributed by atoms with Gasteiger partial charge >= 0.3 is 0 Å². The van der Waals surface area contributed by atoms with Crippen LogP contribution in [0.3, 0.4) is 0 Å². The Kier molecular flexibility index (Phi) is 15.9. The molecule has 0 aliphatic heterocycles. The maximum Gasteiger partial charge on any atom is 0.101 e. The summed E-state index contributed by atoms with van der Waals surface area (Å²) in [5.74, 6) is 1.03. The van der Waals surface area contributed by atoms with Crippen LogP contribution < -0.4 is 0 Å². The molecule has 0 saturated heterocycles. The van der Waals surface area contributed by atoms with Gasteiger partial charge in [0.15, 0.2) is 0 Å². The zero-order chi connectivity index (χ0) is 19.1. The Morgan fingerprint density at radius 3 is 1.84 bits per heavy atom. The molecule has 0 aliphatic carbocycles. The summed E-state index contributed by atoms with van der Waals surface area (Å²) in [5.41, 5.74) is 0. The van der Waals surface area contributed by atoms with E-state index in [4.69, 9.17) is 0 Å². The van der Waals surface area contributed by atoms with E-state index in [1.165, 1.54) is 25.7 Å². The smallest absolute Gasteiger partial charge is 0.101 e. The molecule has 0 spiro atoms. The van der Waals surface area contributed by atoms with Crippen LogP contribution in [0.5, 0.6) is 0 Å². The number of alkyl halides is 3. The summed E-state index contributed by atoms with van der Waals surface area (Å²) in [6, 6.07) is 0. The van der Waals surface area contributed by atoms with Crippen molar-refractivity contribution < 1.29 is 13.2 Å². The summed E-state index contributed by atoms with van der Waals surface area (Å²) in [4.78, 5) is 0. The van der Waals surface area contributed by atoms with Crippen LogP contribution in [-0.2, 0) is 0 Å². The number of hydrogen-bond donors (Lipinski definition) is 0. The second-order valence-corrected chi connectivity index (χ2v) is 8.13. The lowest BCUT2D eigenvalue weighted by Gasteiger charge is -2.23. The first kappa shape index (κ1) is 24.8. The van der Waals surface area contributed by atoms with Crippen molar-refractivity contribution in [2.24, 2.45) is 17.8 Å². The Morgan fingerprint density at radius 2 is 1.28 bits per heavy atom. The summed E-state index contributed by atoms with van der Waals surface area (Å²) in [6.45, 7) is 8.00. The van der Waals surface area contributed by atoms with Gasteiger partial charge in [-0.2, -0.15) is 0 Å². The minimum atomic E-state index is -0.921. The van der Waals surface area contributed by atoms with Crippen molar-refractivity contribution in [3.8, 4) is 0 Å². The van der Waals surface area contributed by atoms with Crippen LogP contribution in [0.15, 0.2) is 0 Å². The molecule has 5 atom stereocenters. The highest BCUT2D eigenvalue weighted by Crippen LogP contribution is 2.29. The first-order chi connectivity index (χ1) is 12.0. The molecule has 3 heteroatoms. The average molecular weight is 365 g/mol. The van der Waals surface area contributed by atoms with Crippen LogP contribution in [0.4, 0.5) is 13.2 Å². The van der Waals surface area contributed by atoms with E-state index in [0.29, 0.717) is 38.0 Å². The van der Waals surface area contributed by atoms with Crippen molar-refractivity contribution in [3.05, 3.63) is 0 Å². The summed E-state index contributed by atoms with van der Waals surface area (Å²) < 4.78 is 40.9. The Morgan fingerprint density at radius 1 is 0.680 bits per heavy atom. The molecule has 0 amide bonds. The summed E-state index contributed by atoms with van der Waals surface area (Å²) in [5, 5.41) is 0. The standard InChI is InChI=1S/C22H43F3/c1-5-9-18(4)11-8-12-19(10-6-2)15-22(25)17-20(13-14-23)16-21(24)7-3/h18-22H,5-17H2,1-4H3. The van der Waals surface area contributed by atoms with Crippen molar-refractivity contribution in [2.45, 2.75) is 117 Å². The van der Waals surface area contributed by atoms with E-state index in [0.717, 1.165) is 25.2 Å². The van der Waals surface area contributed by atoms with Crippen LogP contribution in [0.1, 0.15) is 105 Å². The van der Waals surface area contributed by atoms with Crippen LogP contribution >= 0.6 is 0 Å². The van der Waals surface area contributed by atoms with E-state index in [-0.39, 0.29) is 5.92 Å². The highest BCUT2D eigenvalue weighted by Gasteiger charge is 2.22. The predicted molar refractivity (Wildman–Crippen MR) is 104 cm³/mol. The molecular formula is C22H43F3. The third kappa shape index (κ3) is 13.6. The first-order valence-electron chi connectivity index (χ1n) is 10.8. The van der Waals surface area contributed by atoms with Gasteiger partial charge in [-0.3, -0.25) is 4.39 Å². The van der Waals surface area contributed by atoms with Crippen molar-refractivity contribution >= 4 is 0 Å². The van der Waals surface area contributed by atoms with E-state index < -0.39 is 19.0 Å². The van der Waals surface area contributed by atoms with Gasteiger partial charge in [-0.05, 0) is 49.9 Å². The van der Waals surface area contributed by atoms with Crippen molar-refractivity contribution in [1.29, 1.82) is 0 Å². The van der Waals surface area contributed by atoms with Crippen LogP contribution in [0.25, 0.3) is 0 Å². The fourth-order valence-corrected chi connectivity index (χ4v) is 4.01. The molecule has 25 heavy (non-hydrogen) atoms. The fraction of sp³-hybridized carbons (Fsp3) is 1.00. The molecule has 0 aromatic rings. The lowest BCUT2D eigenvalue weighted by Crippen LogP contribution is -2.18. The Labute approximate surface area is 155 Å². The molecule has 5 unspecified atom stereocenters. The molecular weight excluding hydrogens is 321 g/mol. The zero-order valence-corrected chi connectivity index (χ0v) is 17.2. The van der Waals surface area contributed by atoms with E-state index in [2.05, 4.69) is 20.8 Å². The van der Waals surface area contributed by atoms with E-state index in [9.17, 15) is 13.2 Å². The van der Waals surface area contributed by atoms with Crippen molar-refractivity contribution in [3.63, 3.8) is 0 Å². The molecule has 0 nitrogen and oxygen atoms in total. The third-order valence-corrected chi connectivity index (χ3v) is 5.52. The van der Waals surface area contributed by atoms with Crippen LogP contribution in [0.2, 0.25) is 0 Å². The SMILES string of the molecule is CCCC(C)CCCC(CCC)CC(F)CC(CCF)CC(F)CC. The average Bonchev–Trinajstić information content (AvgIpc) is 2.55. The molecule has 0 aromatic carbocycles. The lowest BCUT2D eigenvalue weighted by atomic mass is 9.85. The van der Waals surface area contributed by atoms with Gasteiger partial charge in [-0.1, -0.05) is 72.6 Å². The molecule has 0 aliphatic rings. The quantitative estimate of drug-likeness (QED) is 0.244. The predicted octanol–water partition coefficient (Wildman–Crippen LogP) is 8.24. The van der Waals surface area contributed by atoms with Crippen LogP contribution in [0, 0.1) is 17.8 Å². The first-order valence-corrected chi connectivity index (χ1v) is 10.8. The van der Waals surface area contributed by atoms with Crippen molar-refractivity contribution in [2.75, 3.05) is 6.67 Å². The summed E-state index contributed by atoms with van der Waals surface area (Å²) in [6.07, 6.45) is 8.28. The van der Waals surface area contributed by atoms with Gasteiger partial charge in [0.1, 0.15) is 12.3 Å². The van der Waals surface area contributed by atoms with Gasteiger partial charge in [-0.25, -0.2) is 8.78 Å². The van der Waals surface area contributed by atoms with Gasteiger partial charge < -0.3 is 0 Å². The van der Waals surface area contributed by atoms with Gasteiger partial charge in [0.05, 0.1) is 6.67 Å². The molecule has 0 N–H and O–H groups in total. The summed E-state index contributed by atoms with van der Waals surface area (Å²) >= 11 is 0. The number of halogens is 3. The molecule has 0 rings (SSSR count). The Hall–Kier alpha value is -0.210. The molecule has 0 radical (unpaired) electrons. The zero-order valence-electron chi connectivity index (χ0n) is 17.2. The second kappa shape index (κ2) is 16.0. The monoisotopic (exact) mass is 364 g/mol. The lowest BCUT2D eigenvalue weighted by molar-refractivity contribution is 0.170. The highest BCUT2D eigenvalue weighted by molar-refractivity contribution is 4.73. The third-order valence-electron chi connectivity index (χ3n) is 5.52. The maximum absolute atomic E-state index is 14.6. The topological polar surface area (TPSA) is 0 Å². The van der Waals surface area contributed by atoms with Gasteiger partial charge in [-0.15, -0.1) is 0 Å². The molecule has 0 fully saturated rings. The van der Waals surface area contributed by atoms with E-state index >= 15 is 0 Å². The Bertz CT molecular complexity index is 282. The number of hydrogen-bond acceptors (Lipinski definition) is 0. The van der Waals surface area contributed by atoms with Gasteiger partial charge in [0, 0.05) is 0 Å². The number of rotatable bonds is 17. The molecule has 0 aromatic heterocycles. The molecule has 0 saturated carbocycles. The molecule has 0 bridgehead atoms. The van der Waals surface area contributed by atoms with Crippen molar-refractivity contribution in [1.82, 2.24) is 0 Å². The summed E-state index contributed by atoms with van der Waals surface area (Å²) in [7, 11) is 0. The second-order valence-electron chi connectivity index (χ2n) is 8.13. The fourth-order valence-electron chi connectivity index (χ4n) is 4.01. The normalized spacial score (nSPS) is 17.9. The highest BCUT2D eigenvalue weighted by atomic mass is 19.1. The van der Waals surface area contributed by atoms with E-state index in [1.54, 1.807) is 6.92 Å². The maximum atomic E-state index is 14.6. The molecule has 152 valence electrons. The molecule has 0 heterocycles. The van der Waals surface area contributed by atoms with Gasteiger partial charge in [0.2, 0.25) is 0 Å². The minimum Gasteiger partial charge on any atom is -0.251 e. The van der Waals surface area contributed by atoms with Crippen LogP contribution in [-0.4, -0.2) is 19.0 Å². The van der Waals surface area contributed by atoms with Gasteiger partial charge in [0.25, 0.3) is 0 Å². The minimum absolute atomic E-state index is 0.151. The Balaban J connectivity index is 4.32.